The van der Waals surface area contributed by atoms with E-state index in [-0.39, 0.29) is 13.0 Å². The number of cyclic esters (lactones) is 1. The molecule has 2 aromatic rings. The molecule has 2 aromatic carbocycles. The number of rotatable bonds is 4. The third-order valence-corrected chi connectivity index (χ3v) is 4.23. The molecule has 1 unspecified atom stereocenters. The van der Waals surface area contributed by atoms with Crippen LogP contribution in [0.15, 0.2) is 60.7 Å². The number of aliphatic hydroxyl groups is 1. The first-order chi connectivity index (χ1) is 10.6. The fraction of sp³-hybridized carbons (Fsp3) is 0.278. The van der Waals surface area contributed by atoms with Crippen LogP contribution in [0.25, 0.3) is 0 Å². The van der Waals surface area contributed by atoms with Gasteiger partial charge in [-0.1, -0.05) is 60.7 Å². The summed E-state index contributed by atoms with van der Waals surface area (Å²) in [7, 11) is 1.54. The zero-order chi connectivity index (χ0) is 15.6. The first kappa shape index (κ1) is 14.8. The van der Waals surface area contributed by atoms with Crippen LogP contribution in [0.3, 0.4) is 0 Å². The van der Waals surface area contributed by atoms with E-state index in [0.29, 0.717) is 0 Å². The van der Waals surface area contributed by atoms with Crippen LogP contribution >= 0.6 is 0 Å². The number of hydrogen-bond acceptors (Lipinski definition) is 4. The second-order valence-electron chi connectivity index (χ2n) is 5.49. The number of carbonyl (C=O) groups excluding carboxylic acids is 1. The predicted molar refractivity (Wildman–Crippen MR) is 81.2 cm³/mol. The molecular weight excluding hydrogens is 280 g/mol. The molecule has 4 nitrogen and oxygen atoms in total. The van der Waals surface area contributed by atoms with Gasteiger partial charge in [0.1, 0.15) is 12.2 Å². The minimum Gasteiger partial charge on any atom is -0.462 e. The van der Waals surface area contributed by atoms with E-state index in [1.54, 1.807) is 7.11 Å². The maximum absolute atomic E-state index is 11.6. The molecular formula is C18H18O4. The van der Waals surface area contributed by atoms with Crippen LogP contribution in [0, 0.1) is 0 Å². The van der Waals surface area contributed by atoms with E-state index in [1.807, 2.05) is 60.7 Å². The maximum Gasteiger partial charge on any atom is 0.309 e. The standard InChI is InChI=1S/C18H18O4/c1-21-18(14-8-4-2-5-9-14,15-10-6-3-7-11-15)17(20)12-16(19)22-13-17/h2-11,20H,12-13H2,1H3. The average molecular weight is 298 g/mol. The van der Waals surface area contributed by atoms with Crippen molar-refractivity contribution in [2.45, 2.75) is 17.6 Å². The Hall–Kier alpha value is -2.17. The smallest absolute Gasteiger partial charge is 0.309 e. The summed E-state index contributed by atoms with van der Waals surface area (Å²) >= 11 is 0. The summed E-state index contributed by atoms with van der Waals surface area (Å²) in [5.74, 6) is -0.421. The van der Waals surface area contributed by atoms with Crippen LogP contribution in [0.4, 0.5) is 0 Å². The summed E-state index contributed by atoms with van der Waals surface area (Å²) < 4.78 is 10.9. The molecule has 114 valence electrons. The summed E-state index contributed by atoms with van der Waals surface area (Å²) in [5, 5.41) is 11.2. The van der Waals surface area contributed by atoms with E-state index in [2.05, 4.69) is 0 Å². The first-order valence-corrected chi connectivity index (χ1v) is 7.16. The molecule has 4 heteroatoms. The van der Waals surface area contributed by atoms with E-state index in [4.69, 9.17) is 9.47 Å². The van der Waals surface area contributed by atoms with Crippen molar-refractivity contribution in [3.8, 4) is 0 Å². The van der Waals surface area contributed by atoms with Crippen molar-refractivity contribution in [1.82, 2.24) is 0 Å². The number of carbonyl (C=O) groups is 1. The highest BCUT2D eigenvalue weighted by Crippen LogP contribution is 2.46. The summed E-state index contributed by atoms with van der Waals surface area (Å²) in [6.07, 6.45) is -0.107. The zero-order valence-electron chi connectivity index (χ0n) is 12.4. The molecule has 1 saturated heterocycles. The monoisotopic (exact) mass is 298 g/mol. The number of esters is 1. The lowest BCUT2D eigenvalue weighted by Crippen LogP contribution is -2.54. The topological polar surface area (TPSA) is 55.8 Å². The van der Waals surface area contributed by atoms with Crippen LogP contribution < -0.4 is 0 Å². The average Bonchev–Trinajstić information content (AvgIpc) is 2.91. The summed E-state index contributed by atoms with van der Waals surface area (Å²) in [4.78, 5) is 11.6. The SMILES string of the molecule is COC(c1ccccc1)(c1ccccc1)C1(O)COC(=O)C1. The van der Waals surface area contributed by atoms with Crippen molar-refractivity contribution in [3.05, 3.63) is 71.8 Å². The van der Waals surface area contributed by atoms with E-state index < -0.39 is 17.2 Å². The van der Waals surface area contributed by atoms with Crippen LogP contribution in [-0.2, 0) is 19.9 Å². The summed E-state index contributed by atoms with van der Waals surface area (Å²) in [6.45, 7) is -0.0938. The molecule has 22 heavy (non-hydrogen) atoms. The molecule has 0 aliphatic carbocycles. The van der Waals surface area contributed by atoms with Gasteiger partial charge in [0.25, 0.3) is 0 Å². The summed E-state index contributed by atoms with van der Waals surface area (Å²) in [6, 6.07) is 18.9. The minimum absolute atomic E-state index is 0.0938. The van der Waals surface area contributed by atoms with Crippen LogP contribution in [0.1, 0.15) is 17.5 Å². The zero-order valence-corrected chi connectivity index (χ0v) is 12.4. The molecule has 0 radical (unpaired) electrons. The number of hydrogen-bond donors (Lipinski definition) is 1. The molecule has 0 aromatic heterocycles. The Balaban J connectivity index is 2.24. The Morgan fingerprint density at radius 1 is 1.05 bits per heavy atom. The normalized spacial score (nSPS) is 21.6. The highest BCUT2D eigenvalue weighted by atomic mass is 16.6. The van der Waals surface area contributed by atoms with Gasteiger partial charge in [-0.25, -0.2) is 0 Å². The molecule has 1 aliphatic heterocycles. The third-order valence-electron chi connectivity index (χ3n) is 4.23. The van der Waals surface area contributed by atoms with Crippen LogP contribution in [0.5, 0.6) is 0 Å². The van der Waals surface area contributed by atoms with Gasteiger partial charge in [0.2, 0.25) is 0 Å². The lowest BCUT2D eigenvalue weighted by Gasteiger charge is -2.43. The molecule has 1 aliphatic rings. The second-order valence-corrected chi connectivity index (χ2v) is 5.49. The minimum atomic E-state index is -1.46. The van der Waals surface area contributed by atoms with E-state index in [1.165, 1.54) is 0 Å². The number of ether oxygens (including phenoxy) is 2. The van der Waals surface area contributed by atoms with Crippen LogP contribution in [0.2, 0.25) is 0 Å². The molecule has 3 rings (SSSR count). The number of methoxy groups -OCH3 is 1. The third kappa shape index (κ3) is 2.12. The number of benzene rings is 2. The molecule has 1 heterocycles. The molecule has 1 N–H and O–H groups in total. The first-order valence-electron chi connectivity index (χ1n) is 7.16. The van der Waals surface area contributed by atoms with Gasteiger partial charge in [-0.05, 0) is 11.1 Å². The van der Waals surface area contributed by atoms with Crippen molar-refractivity contribution < 1.29 is 19.4 Å². The molecule has 1 fully saturated rings. The van der Waals surface area contributed by atoms with Gasteiger partial charge >= 0.3 is 5.97 Å². The van der Waals surface area contributed by atoms with Crippen molar-refractivity contribution in [1.29, 1.82) is 0 Å². The second kappa shape index (κ2) is 5.55. The van der Waals surface area contributed by atoms with Crippen molar-refractivity contribution in [2.75, 3.05) is 13.7 Å². The van der Waals surface area contributed by atoms with Crippen molar-refractivity contribution in [3.63, 3.8) is 0 Å². The largest absolute Gasteiger partial charge is 0.462 e. The maximum atomic E-state index is 11.6. The fourth-order valence-electron chi connectivity index (χ4n) is 3.24. The van der Waals surface area contributed by atoms with Gasteiger partial charge in [0, 0.05) is 7.11 Å². The van der Waals surface area contributed by atoms with Gasteiger partial charge in [0.05, 0.1) is 6.42 Å². The van der Waals surface area contributed by atoms with E-state index in [9.17, 15) is 9.90 Å². The van der Waals surface area contributed by atoms with Gasteiger partial charge in [-0.2, -0.15) is 0 Å². The van der Waals surface area contributed by atoms with E-state index >= 15 is 0 Å². The highest BCUT2D eigenvalue weighted by molar-refractivity contribution is 5.74. The molecule has 0 amide bonds. The van der Waals surface area contributed by atoms with Gasteiger partial charge in [-0.3, -0.25) is 4.79 Å². The van der Waals surface area contributed by atoms with E-state index in [0.717, 1.165) is 11.1 Å². The van der Waals surface area contributed by atoms with Crippen molar-refractivity contribution in [2.24, 2.45) is 0 Å². The fourth-order valence-corrected chi connectivity index (χ4v) is 3.24. The van der Waals surface area contributed by atoms with Crippen molar-refractivity contribution >= 4 is 5.97 Å². The Morgan fingerprint density at radius 3 is 1.91 bits per heavy atom. The quantitative estimate of drug-likeness (QED) is 0.880. The Kier molecular flexibility index (Phi) is 3.72. The molecule has 0 bridgehead atoms. The van der Waals surface area contributed by atoms with Gasteiger partial charge in [0.15, 0.2) is 5.60 Å². The van der Waals surface area contributed by atoms with Crippen LogP contribution in [-0.4, -0.2) is 30.4 Å². The lowest BCUT2D eigenvalue weighted by molar-refractivity contribution is -0.151. The highest BCUT2D eigenvalue weighted by Gasteiger charge is 2.58. The van der Waals surface area contributed by atoms with Gasteiger partial charge in [-0.15, -0.1) is 0 Å². The Bertz CT molecular complexity index is 614. The molecule has 0 spiro atoms. The molecule has 1 atom stereocenters. The van der Waals surface area contributed by atoms with Gasteiger partial charge < -0.3 is 14.6 Å². The Labute approximate surface area is 129 Å². The Morgan fingerprint density at radius 2 is 1.55 bits per heavy atom. The summed E-state index contributed by atoms with van der Waals surface area (Å²) in [5.41, 5.74) is -1.06. The predicted octanol–water partition coefficient (Wildman–Crippen LogP) is 2.25. The lowest BCUT2D eigenvalue weighted by atomic mass is 9.72. The molecule has 0 saturated carbocycles.